The first-order valence-corrected chi connectivity index (χ1v) is 4.99. The first kappa shape index (κ1) is 11.4. The van der Waals surface area contributed by atoms with Gasteiger partial charge in [-0.05, 0) is 28.9 Å². The lowest BCUT2D eigenvalue weighted by Gasteiger charge is -2.18. The quantitative estimate of drug-likeness (QED) is 0.803. The van der Waals surface area contributed by atoms with E-state index in [1.807, 2.05) is 0 Å². The third kappa shape index (κ3) is 2.23. The van der Waals surface area contributed by atoms with Crippen LogP contribution in [0.25, 0.3) is 0 Å². The van der Waals surface area contributed by atoms with Crippen LogP contribution in [-0.4, -0.2) is 23.2 Å². The minimum Gasteiger partial charge on any atom is -0.496 e. The number of halogens is 1. The van der Waals surface area contributed by atoms with E-state index in [0.717, 1.165) is 0 Å². The van der Waals surface area contributed by atoms with Crippen LogP contribution in [0.15, 0.2) is 16.9 Å². The van der Waals surface area contributed by atoms with Gasteiger partial charge in [0.2, 0.25) is 0 Å². The molecule has 2 unspecified atom stereocenters. The smallest absolute Gasteiger partial charge is 0.128 e. The SMILES string of the molecule is COc1ccnc(Br)c1C(O)C(C)N. The van der Waals surface area contributed by atoms with Gasteiger partial charge in [0, 0.05) is 12.2 Å². The summed E-state index contributed by atoms with van der Waals surface area (Å²) in [6.45, 7) is 1.73. The van der Waals surface area contributed by atoms with Crippen molar-refractivity contribution in [1.82, 2.24) is 4.98 Å². The Hall–Kier alpha value is -0.650. The van der Waals surface area contributed by atoms with Crippen LogP contribution >= 0.6 is 15.9 Å². The summed E-state index contributed by atoms with van der Waals surface area (Å²) < 4.78 is 5.67. The third-order valence-electron chi connectivity index (χ3n) is 1.92. The molecule has 0 aliphatic heterocycles. The highest BCUT2D eigenvalue weighted by Crippen LogP contribution is 2.31. The minimum absolute atomic E-state index is 0.371. The molecule has 0 saturated carbocycles. The van der Waals surface area contributed by atoms with Crippen molar-refractivity contribution < 1.29 is 9.84 Å². The second-order valence-electron chi connectivity index (χ2n) is 3.02. The lowest BCUT2D eigenvalue weighted by molar-refractivity contribution is 0.148. The van der Waals surface area contributed by atoms with Gasteiger partial charge in [0.1, 0.15) is 16.5 Å². The van der Waals surface area contributed by atoms with Crippen LogP contribution in [0.3, 0.4) is 0 Å². The van der Waals surface area contributed by atoms with Gasteiger partial charge >= 0.3 is 0 Å². The molecule has 78 valence electrons. The summed E-state index contributed by atoms with van der Waals surface area (Å²) in [6.07, 6.45) is 0.813. The zero-order chi connectivity index (χ0) is 10.7. The Morgan fingerprint density at radius 3 is 2.79 bits per heavy atom. The Labute approximate surface area is 91.2 Å². The molecule has 2 atom stereocenters. The van der Waals surface area contributed by atoms with Gasteiger partial charge in [-0.1, -0.05) is 0 Å². The van der Waals surface area contributed by atoms with Crippen molar-refractivity contribution in [3.05, 3.63) is 22.4 Å². The molecule has 0 aromatic carbocycles. The van der Waals surface area contributed by atoms with Gasteiger partial charge in [-0.2, -0.15) is 0 Å². The van der Waals surface area contributed by atoms with Gasteiger partial charge in [-0.15, -0.1) is 0 Å². The molecule has 1 aromatic heterocycles. The van der Waals surface area contributed by atoms with E-state index in [2.05, 4.69) is 20.9 Å². The van der Waals surface area contributed by atoms with Gasteiger partial charge in [-0.25, -0.2) is 4.98 Å². The van der Waals surface area contributed by atoms with Crippen LogP contribution < -0.4 is 10.5 Å². The molecular formula is C9H13BrN2O2. The number of aromatic nitrogens is 1. The van der Waals surface area contributed by atoms with Crippen LogP contribution in [0, 0.1) is 0 Å². The number of aliphatic hydroxyl groups excluding tert-OH is 1. The van der Waals surface area contributed by atoms with E-state index in [0.29, 0.717) is 15.9 Å². The van der Waals surface area contributed by atoms with Crippen molar-refractivity contribution in [3.63, 3.8) is 0 Å². The maximum Gasteiger partial charge on any atom is 0.128 e. The molecule has 0 bridgehead atoms. The number of nitrogens with zero attached hydrogens (tertiary/aromatic N) is 1. The second-order valence-corrected chi connectivity index (χ2v) is 3.77. The highest BCUT2D eigenvalue weighted by molar-refractivity contribution is 9.10. The lowest BCUT2D eigenvalue weighted by Crippen LogP contribution is -2.25. The van der Waals surface area contributed by atoms with E-state index in [9.17, 15) is 5.11 Å². The van der Waals surface area contributed by atoms with E-state index in [1.54, 1.807) is 26.3 Å². The van der Waals surface area contributed by atoms with Crippen LogP contribution in [-0.2, 0) is 0 Å². The van der Waals surface area contributed by atoms with Gasteiger partial charge in [0.15, 0.2) is 0 Å². The predicted molar refractivity (Wildman–Crippen MR) is 57.1 cm³/mol. The van der Waals surface area contributed by atoms with Crippen molar-refractivity contribution in [2.45, 2.75) is 19.1 Å². The van der Waals surface area contributed by atoms with Crippen LogP contribution in [0.1, 0.15) is 18.6 Å². The largest absolute Gasteiger partial charge is 0.496 e. The number of nitrogens with two attached hydrogens (primary N) is 1. The highest BCUT2D eigenvalue weighted by Gasteiger charge is 2.20. The van der Waals surface area contributed by atoms with Crippen molar-refractivity contribution in [2.24, 2.45) is 5.73 Å². The first-order chi connectivity index (χ1) is 6.57. The molecule has 0 radical (unpaired) electrons. The van der Waals surface area contributed by atoms with Crippen molar-refractivity contribution in [2.75, 3.05) is 7.11 Å². The number of ether oxygens (including phenoxy) is 1. The number of hydrogen-bond acceptors (Lipinski definition) is 4. The molecule has 1 aromatic rings. The van der Waals surface area contributed by atoms with Crippen molar-refractivity contribution in [1.29, 1.82) is 0 Å². The Morgan fingerprint density at radius 2 is 2.29 bits per heavy atom. The summed E-state index contributed by atoms with van der Waals surface area (Å²) in [5.74, 6) is 0.580. The van der Waals surface area contributed by atoms with E-state index in [4.69, 9.17) is 10.5 Å². The van der Waals surface area contributed by atoms with Crippen LogP contribution in [0.2, 0.25) is 0 Å². The molecule has 0 saturated heterocycles. The van der Waals surface area contributed by atoms with Gasteiger partial charge in [-0.3, -0.25) is 0 Å². The number of methoxy groups -OCH3 is 1. The summed E-state index contributed by atoms with van der Waals surface area (Å²) in [5.41, 5.74) is 6.19. The molecule has 0 spiro atoms. The molecule has 0 aliphatic rings. The Kier molecular flexibility index (Phi) is 3.86. The first-order valence-electron chi connectivity index (χ1n) is 4.20. The zero-order valence-corrected chi connectivity index (χ0v) is 9.65. The molecule has 0 amide bonds. The molecule has 0 fully saturated rings. The average Bonchev–Trinajstić information content (AvgIpc) is 2.16. The van der Waals surface area contributed by atoms with E-state index < -0.39 is 6.10 Å². The molecular weight excluding hydrogens is 248 g/mol. The number of hydrogen-bond donors (Lipinski definition) is 2. The topological polar surface area (TPSA) is 68.4 Å². The fourth-order valence-electron chi connectivity index (χ4n) is 1.14. The standard InChI is InChI=1S/C9H13BrN2O2/c1-5(11)8(13)7-6(14-2)3-4-12-9(7)10/h3-5,8,13H,11H2,1-2H3. The normalized spacial score (nSPS) is 14.9. The monoisotopic (exact) mass is 260 g/mol. The maximum atomic E-state index is 9.82. The molecule has 4 nitrogen and oxygen atoms in total. The zero-order valence-electron chi connectivity index (χ0n) is 8.07. The van der Waals surface area contributed by atoms with Gasteiger partial charge < -0.3 is 15.6 Å². The molecule has 0 aliphatic carbocycles. The van der Waals surface area contributed by atoms with E-state index in [-0.39, 0.29) is 6.04 Å². The molecule has 14 heavy (non-hydrogen) atoms. The Bertz CT molecular complexity index is 318. The summed E-state index contributed by atoms with van der Waals surface area (Å²) in [5, 5.41) is 9.82. The number of rotatable bonds is 3. The fourth-order valence-corrected chi connectivity index (χ4v) is 1.69. The summed E-state index contributed by atoms with van der Waals surface area (Å²) in [7, 11) is 1.54. The highest BCUT2D eigenvalue weighted by atomic mass is 79.9. The third-order valence-corrected chi connectivity index (χ3v) is 2.55. The van der Waals surface area contributed by atoms with E-state index in [1.165, 1.54) is 0 Å². The maximum absolute atomic E-state index is 9.82. The molecule has 1 heterocycles. The molecule has 5 heteroatoms. The minimum atomic E-state index is -0.784. The van der Waals surface area contributed by atoms with Crippen LogP contribution in [0.4, 0.5) is 0 Å². The lowest BCUT2D eigenvalue weighted by atomic mass is 10.1. The van der Waals surface area contributed by atoms with Crippen molar-refractivity contribution in [3.8, 4) is 5.75 Å². The summed E-state index contributed by atoms with van der Waals surface area (Å²) in [6, 6.07) is 1.32. The van der Waals surface area contributed by atoms with Crippen LogP contribution in [0.5, 0.6) is 5.75 Å². The average molecular weight is 261 g/mol. The predicted octanol–water partition coefficient (Wildman–Crippen LogP) is 1.23. The fraction of sp³-hybridized carbons (Fsp3) is 0.444. The molecule has 1 rings (SSSR count). The van der Waals surface area contributed by atoms with E-state index >= 15 is 0 Å². The van der Waals surface area contributed by atoms with Gasteiger partial charge in [0.05, 0.1) is 12.7 Å². The molecule has 3 N–H and O–H groups in total. The second kappa shape index (κ2) is 4.72. The Morgan fingerprint density at radius 1 is 1.64 bits per heavy atom. The van der Waals surface area contributed by atoms with Gasteiger partial charge in [0.25, 0.3) is 0 Å². The number of pyridine rings is 1. The summed E-state index contributed by atoms with van der Waals surface area (Å²) >= 11 is 3.25. The summed E-state index contributed by atoms with van der Waals surface area (Å²) in [4.78, 5) is 4.01. The Balaban J connectivity index is 3.16. The van der Waals surface area contributed by atoms with Crippen molar-refractivity contribution >= 4 is 15.9 Å². The number of aliphatic hydroxyl groups is 1.